The number of aryl methyl sites for hydroxylation is 2. The first kappa shape index (κ1) is 27.1. The van der Waals surface area contributed by atoms with E-state index in [2.05, 4.69) is 15.0 Å². The van der Waals surface area contributed by atoms with Crippen LogP contribution in [-0.2, 0) is 4.79 Å². The number of allylic oxidation sites excluding steroid dienone is 1. The largest absolute Gasteiger partial charge is 0.493 e. The normalized spacial score (nSPS) is 15.2. The second-order valence-electron chi connectivity index (χ2n) is 9.09. The number of para-hydroxylation sites is 1. The lowest BCUT2D eigenvalue weighted by Crippen LogP contribution is -2.40. The summed E-state index contributed by atoms with van der Waals surface area (Å²) in [5.74, 6) is 0.623. The summed E-state index contributed by atoms with van der Waals surface area (Å²) < 4.78 is 42.8. The highest BCUT2D eigenvalue weighted by molar-refractivity contribution is 7.07. The van der Waals surface area contributed by atoms with Crippen LogP contribution in [0.15, 0.2) is 80.1 Å². The molecule has 0 saturated heterocycles. The zero-order valence-corrected chi connectivity index (χ0v) is 22.8. The number of furan rings is 1. The Morgan fingerprint density at radius 1 is 1.12 bits per heavy atom. The predicted molar refractivity (Wildman–Crippen MR) is 147 cm³/mol. The first-order chi connectivity index (χ1) is 19.2. The Morgan fingerprint density at radius 2 is 1.90 bits per heavy atom. The second-order valence-corrected chi connectivity index (χ2v) is 10.1. The fourth-order valence-electron chi connectivity index (χ4n) is 4.50. The van der Waals surface area contributed by atoms with Gasteiger partial charge in [-0.2, -0.15) is 8.78 Å². The molecule has 0 bridgehead atoms. The lowest BCUT2D eigenvalue weighted by atomic mass is 10.00. The zero-order valence-electron chi connectivity index (χ0n) is 22.0. The van der Waals surface area contributed by atoms with Crippen molar-refractivity contribution < 1.29 is 27.5 Å². The molecule has 1 atom stereocenters. The molecule has 2 aromatic heterocycles. The maximum atomic E-state index is 13.8. The van der Waals surface area contributed by atoms with Crippen LogP contribution in [0, 0.1) is 13.8 Å². The minimum absolute atomic E-state index is 0.0942. The molecule has 0 radical (unpaired) electrons. The number of halogens is 2. The van der Waals surface area contributed by atoms with Gasteiger partial charge in [0.15, 0.2) is 16.3 Å². The van der Waals surface area contributed by atoms with Crippen molar-refractivity contribution in [1.29, 1.82) is 0 Å². The highest BCUT2D eigenvalue weighted by Crippen LogP contribution is 2.32. The third-order valence-electron chi connectivity index (χ3n) is 6.39. The van der Waals surface area contributed by atoms with Gasteiger partial charge in [0.1, 0.15) is 17.6 Å². The molecule has 3 heterocycles. The topological polar surface area (TPSA) is 95.1 Å². The lowest BCUT2D eigenvalue weighted by Gasteiger charge is -2.23. The van der Waals surface area contributed by atoms with E-state index in [1.54, 1.807) is 38.1 Å². The molecular formula is C29H25F2N3O5S. The molecule has 206 valence electrons. The summed E-state index contributed by atoms with van der Waals surface area (Å²) in [7, 11) is 1.34. The Hall–Kier alpha value is -4.51. The van der Waals surface area contributed by atoms with Crippen LogP contribution in [0.4, 0.5) is 14.5 Å². The number of anilines is 1. The van der Waals surface area contributed by atoms with Crippen LogP contribution in [0.2, 0.25) is 0 Å². The van der Waals surface area contributed by atoms with Crippen LogP contribution >= 0.6 is 11.3 Å². The number of nitrogens with one attached hydrogen (secondary N) is 1. The van der Waals surface area contributed by atoms with Crippen molar-refractivity contribution in [2.24, 2.45) is 4.99 Å². The van der Waals surface area contributed by atoms with Crippen LogP contribution in [0.5, 0.6) is 11.5 Å². The van der Waals surface area contributed by atoms with E-state index >= 15 is 0 Å². The van der Waals surface area contributed by atoms with Crippen LogP contribution < -0.4 is 29.7 Å². The number of nitrogens with zero attached hydrogens (tertiary/aromatic N) is 2. The Morgan fingerprint density at radius 3 is 2.58 bits per heavy atom. The molecule has 11 heteroatoms. The van der Waals surface area contributed by atoms with Gasteiger partial charge in [-0.1, -0.05) is 35.6 Å². The summed E-state index contributed by atoms with van der Waals surface area (Å²) >= 11 is 1.14. The molecule has 0 saturated carbocycles. The number of carbonyl (C=O) groups excluding carboxylic acids is 1. The molecule has 0 spiro atoms. The average Bonchev–Trinajstić information content (AvgIpc) is 3.47. The third-order valence-corrected chi connectivity index (χ3v) is 7.37. The standard InChI is InChI=1S/C29H25F2N3O5S/c1-15-7-5-6-8-19(15)33-26(35)24-17(3)32-29-34(25(24)21-11-9-16(2)38-21)27(36)23(40-29)14-18-10-12-20(39-28(30)31)22(13-18)37-4/h5-14,25,28H,1-4H3,(H,33,35). The SMILES string of the molecule is COc1cc(C=c2sc3n(c2=O)C(c2ccc(C)o2)C(C(=O)Nc2ccccc2C)=C(C)N=3)ccc1OC(F)F. The molecule has 1 unspecified atom stereocenters. The average molecular weight is 566 g/mol. The Bertz CT molecular complexity index is 1820. The molecule has 1 aliphatic heterocycles. The summed E-state index contributed by atoms with van der Waals surface area (Å²) in [5, 5.41) is 2.95. The number of methoxy groups -OCH3 is 1. The van der Waals surface area contributed by atoms with E-state index < -0.39 is 18.6 Å². The molecular weight excluding hydrogens is 540 g/mol. The van der Waals surface area contributed by atoms with Crippen molar-refractivity contribution in [2.45, 2.75) is 33.4 Å². The van der Waals surface area contributed by atoms with Gasteiger partial charge in [-0.05, 0) is 68.3 Å². The summed E-state index contributed by atoms with van der Waals surface area (Å²) in [6, 6.07) is 14.4. The molecule has 0 aliphatic carbocycles. The number of benzene rings is 2. The molecule has 2 aromatic carbocycles. The molecule has 8 nitrogen and oxygen atoms in total. The maximum Gasteiger partial charge on any atom is 0.387 e. The number of hydrogen-bond acceptors (Lipinski definition) is 7. The number of ether oxygens (including phenoxy) is 2. The van der Waals surface area contributed by atoms with Crippen molar-refractivity contribution in [3.05, 3.63) is 108 Å². The maximum absolute atomic E-state index is 13.8. The highest BCUT2D eigenvalue weighted by Gasteiger charge is 2.34. The number of alkyl halides is 2. The van der Waals surface area contributed by atoms with Crippen molar-refractivity contribution >= 4 is 29.0 Å². The Kier molecular flexibility index (Phi) is 7.40. The van der Waals surface area contributed by atoms with Gasteiger partial charge in [-0.25, -0.2) is 4.99 Å². The third kappa shape index (κ3) is 5.20. The monoisotopic (exact) mass is 565 g/mol. The van der Waals surface area contributed by atoms with E-state index in [0.29, 0.717) is 37.8 Å². The van der Waals surface area contributed by atoms with E-state index in [4.69, 9.17) is 9.15 Å². The van der Waals surface area contributed by atoms with Crippen molar-refractivity contribution in [2.75, 3.05) is 12.4 Å². The molecule has 1 aliphatic rings. The van der Waals surface area contributed by atoms with Crippen LogP contribution in [0.25, 0.3) is 6.08 Å². The van der Waals surface area contributed by atoms with E-state index in [9.17, 15) is 18.4 Å². The smallest absolute Gasteiger partial charge is 0.387 e. The molecule has 5 rings (SSSR count). The number of thiazole rings is 1. The first-order valence-electron chi connectivity index (χ1n) is 12.2. The van der Waals surface area contributed by atoms with Crippen LogP contribution in [0.3, 0.4) is 0 Å². The van der Waals surface area contributed by atoms with Crippen molar-refractivity contribution in [3.8, 4) is 11.5 Å². The lowest BCUT2D eigenvalue weighted by molar-refractivity contribution is -0.113. The van der Waals surface area contributed by atoms with Crippen molar-refractivity contribution in [1.82, 2.24) is 4.57 Å². The van der Waals surface area contributed by atoms with Crippen LogP contribution in [0.1, 0.15) is 35.6 Å². The fraction of sp³-hybridized carbons (Fsp3) is 0.207. The van der Waals surface area contributed by atoms with Gasteiger partial charge in [0, 0.05) is 5.69 Å². The number of carbonyl (C=O) groups is 1. The van der Waals surface area contributed by atoms with E-state index in [1.165, 1.54) is 29.9 Å². The summed E-state index contributed by atoms with van der Waals surface area (Å²) in [6.07, 6.45) is 1.61. The number of rotatable bonds is 7. The van der Waals surface area contributed by atoms with Gasteiger partial charge in [0.25, 0.3) is 11.5 Å². The number of fused-ring (bicyclic) bond motifs is 1. The van der Waals surface area contributed by atoms with Crippen LogP contribution in [-0.4, -0.2) is 24.2 Å². The Labute approximate surface area is 231 Å². The van der Waals surface area contributed by atoms with Gasteiger partial charge in [-0.3, -0.25) is 14.2 Å². The van der Waals surface area contributed by atoms with Gasteiger partial charge in [0.05, 0.1) is 22.9 Å². The molecule has 1 N–H and O–H groups in total. The first-order valence-corrected chi connectivity index (χ1v) is 13.1. The Balaban J connectivity index is 1.62. The summed E-state index contributed by atoms with van der Waals surface area (Å²) in [5.41, 5.74) is 2.41. The van der Waals surface area contributed by atoms with Gasteiger partial charge in [0.2, 0.25) is 0 Å². The minimum Gasteiger partial charge on any atom is -0.493 e. The molecule has 40 heavy (non-hydrogen) atoms. The number of aromatic nitrogens is 1. The molecule has 4 aromatic rings. The fourth-order valence-corrected chi connectivity index (χ4v) is 5.55. The van der Waals surface area contributed by atoms with E-state index in [1.807, 2.05) is 25.1 Å². The van der Waals surface area contributed by atoms with E-state index in [0.717, 1.165) is 16.9 Å². The quantitative estimate of drug-likeness (QED) is 0.351. The predicted octanol–water partition coefficient (Wildman–Crippen LogP) is 4.69. The minimum atomic E-state index is -3.01. The summed E-state index contributed by atoms with van der Waals surface area (Å²) in [4.78, 5) is 32.4. The molecule has 1 amide bonds. The van der Waals surface area contributed by atoms with Gasteiger partial charge >= 0.3 is 6.61 Å². The number of amides is 1. The van der Waals surface area contributed by atoms with Crippen molar-refractivity contribution in [3.63, 3.8) is 0 Å². The highest BCUT2D eigenvalue weighted by atomic mass is 32.1. The second kappa shape index (κ2) is 10.9. The summed E-state index contributed by atoms with van der Waals surface area (Å²) in [6.45, 7) is 2.39. The number of hydrogen-bond donors (Lipinski definition) is 1. The molecule has 0 fully saturated rings. The van der Waals surface area contributed by atoms with Gasteiger partial charge in [-0.15, -0.1) is 0 Å². The van der Waals surface area contributed by atoms with E-state index in [-0.39, 0.29) is 22.6 Å². The zero-order chi connectivity index (χ0) is 28.6. The van der Waals surface area contributed by atoms with Gasteiger partial charge < -0.3 is 19.2 Å².